The molecule has 0 saturated carbocycles. The SMILES string of the molecule is N#CCCCn1nnnc1-c1ccc(F)cc1. The van der Waals surface area contributed by atoms with Crippen molar-refractivity contribution in [1.82, 2.24) is 20.2 Å². The first-order chi connectivity index (χ1) is 8.31. The number of nitriles is 1. The van der Waals surface area contributed by atoms with Crippen LogP contribution in [0.3, 0.4) is 0 Å². The second-order valence-corrected chi connectivity index (χ2v) is 3.49. The highest BCUT2D eigenvalue weighted by molar-refractivity contribution is 5.53. The zero-order valence-corrected chi connectivity index (χ0v) is 9.04. The van der Waals surface area contributed by atoms with Crippen molar-refractivity contribution in [3.8, 4) is 17.5 Å². The van der Waals surface area contributed by atoms with Gasteiger partial charge in [0.25, 0.3) is 0 Å². The summed E-state index contributed by atoms with van der Waals surface area (Å²) in [5.41, 5.74) is 0.758. The van der Waals surface area contributed by atoms with Crippen LogP contribution in [0.1, 0.15) is 12.8 Å². The number of nitrogens with zero attached hydrogens (tertiary/aromatic N) is 5. The van der Waals surface area contributed by atoms with Gasteiger partial charge in [-0.2, -0.15) is 5.26 Å². The van der Waals surface area contributed by atoms with Crippen LogP contribution in [-0.2, 0) is 6.54 Å². The highest BCUT2D eigenvalue weighted by atomic mass is 19.1. The van der Waals surface area contributed by atoms with Gasteiger partial charge in [0.2, 0.25) is 0 Å². The molecule has 2 rings (SSSR count). The number of tetrazole rings is 1. The summed E-state index contributed by atoms with van der Waals surface area (Å²) >= 11 is 0. The van der Waals surface area contributed by atoms with E-state index in [0.29, 0.717) is 25.2 Å². The number of benzene rings is 1. The lowest BCUT2D eigenvalue weighted by molar-refractivity contribution is 0.569. The molecule has 0 amide bonds. The lowest BCUT2D eigenvalue weighted by Crippen LogP contribution is -2.02. The molecule has 86 valence electrons. The van der Waals surface area contributed by atoms with Crippen molar-refractivity contribution in [3.63, 3.8) is 0 Å². The van der Waals surface area contributed by atoms with Gasteiger partial charge in [-0.15, -0.1) is 5.10 Å². The fourth-order valence-corrected chi connectivity index (χ4v) is 1.47. The first-order valence-corrected chi connectivity index (χ1v) is 5.20. The molecule has 0 bridgehead atoms. The molecule has 6 heteroatoms. The molecule has 0 atom stereocenters. The number of aromatic nitrogens is 4. The standard InChI is InChI=1S/C11H10FN5/c12-10-5-3-9(4-6-10)11-14-15-16-17(11)8-2-1-7-13/h3-6H,1-2,8H2. The molecule has 0 unspecified atom stereocenters. The molecular formula is C11H10FN5. The molecule has 0 aliphatic heterocycles. The van der Waals surface area contributed by atoms with Crippen molar-refractivity contribution in [2.75, 3.05) is 0 Å². The topological polar surface area (TPSA) is 67.4 Å². The summed E-state index contributed by atoms with van der Waals surface area (Å²) in [5.74, 6) is 0.292. The Bertz CT molecular complexity index is 526. The Balaban J connectivity index is 2.19. The second-order valence-electron chi connectivity index (χ2n) is 3.49. The third kappa shape index (κ3) is 2.64. The van der Waals surface area contributed by atoms with Crippen molar-refractivity contribution in [1.29, 1.82) is 5.26 Å². The molecule has 0 fully saturated rings. The van der Waals surface area contributed by atoms with Crippen molar-refractivity contribution >= 4 is 0 Å². The minimum Gasteiger partial charge on any atom is -0.225 e. The van der Waals surface area contributed by atoms with E-state index in [0.717, 1.165) is 5.56 Å². The van der Waals surface area contributed by atoms with Crippen molar-refractivity contribution < 1.29 is 4.39 Å². The number of halogens is 1. The van der Waals surface area contributed by atoms with Gasteiger partial charge in [-0.25, -0.2) is 9.07 Å². The maximum Gasteiger partial charge on any atom is 0.182 e. The smallest absolute Gasteiger partial charge is 0.182 e. The third-order valence-corrected chi connectivity index (χ3v) is 2.29. The van der Waals surface area contributed by atoms with Crippen LogP contribution < -0.4 is 0 Å². The van der Waals surface area contributed by atoms with Gasteiger partial charge in [0.1, 0.15) is 5.82 Å². The Hall–Kier alpha value is -2.29. The summed E-state index contributed by atoms with van der Waals surface area (Å²) < 4.78 is 14.4. The molecule has 0 spiro atoms. The van der Waals surface area contributed by atoms with Gasteiger partial charge in [0, 0.05) is 18.5 Å². The average molecular weight is 231 g/mol. The van der Waals surface area contributed by atoms with Gasteiger partial charge in [-0.05, 0) is 41.1 Å². The Morgan fingerprint density at radius 1 is 1.29 bits per heavy atom. The van der Waals surface area contributed by atoms with E-state index < -0.39 is 0 Å². The first-order valence-electron chi connectivity index (χ1n) is 5.20. The largest absolute Gasteiger partial charge is 0.225 e. The van der Waals surface area contributed by atoms with E-state index >= 15 is 0 Å². The molecule has 0 saturated heterocycles. The van der Waals surface area contributed by atoms with Crippen LogP contribution in [0, 0.1) is 17.1 Å². The zero-order valence-electron chi connectivity index (χ0n) is 9.04. The fraction of sp³-hybridized carbons (Fsp3) is 0.273. The van der Waals surface area contributed by atoms with Crippen molar-refractivity contribution in [3.05, 3.63) is 30.1 Å². The van der Waals surface area contributed by atoms with E-state index in [1.54, 1.807) is 16.8 Å². The van der Waals surface area contributed by atoms with E-state index in [1.807, 2.05) is 0 Å². The molecule has 1 heterocycles. The molecular weight excluding hydrogens is 221 g/mol. The van der Waals surface area contributed by atoms with E-state index in [9.17, 15) is 4.39 Å². The van der Waals surface area contributed by atoms with Crippen molar-refractivity contribution in [2.24, 2.45) is 0 Å². The molecule has 0 N–H and O–H groups in total. The van der Waals surface area contributed by atoms with Crippen molar-refractivity contribution in [2.45, 2.75) is 19.4 Å². The van der Waals surface area contributed by atoms with E-state index in [4.69, 9.17) is 5.26 Å². The van der Waals surface area contributed by atoms with Crippen LogP contribution in [0.25, 0.3) is 11.4 Å². The van der Waals surface area contributed by atoms with Gasteiger partial charge in [0.05, 0.1) is 6.07 Å². The molecule has 17 heavy (non-hydrogen) atoms. The highest BCUT2D eigenvalue weighted by Crippen LogP contribution is 2.16. The summed E-state index contributed by atoms with van der Waals surface area (Å²) in [6.45, 7) is 0.577. The highest BCUT2D eigenvalue weighted by Gasteiger charge is 2.08. The number of hydrogen-bond donors (Lipinski definition) is 0. The van der Waals surface area contributed by atoms with Gasteiger partial charge < -0.3 is 0 Å². The lowest BCUT2D eigenvalue weighted by Gasteiger charge is -2.02. The first kappa shape index (κ1) is 11.2. The van der Waals surface area contributed by atoms with Crippen LogP contribution in [0.5, 0.6) is 0 Å². The number of hydrogen-bond acceptors (Lipinski definition) is 4. The van der Waals surface area contributed by atoms with E-state index in [1.165, 1.54) is 12.1 Å². The fourth-order valence-electron chi connectivity index (χ4n) is 1.47. The Labute approximate surface area is 97.5 Å². The Morgan fingerprint density at radius 2 is 2.06 bits per heavy atom. The van der Waals surface area contributed by atoms with E-state index in [2.05, 4.69) is 21.6 Å². The average Bonchev–Trinajstić information content (AvgIpc) is 2.79. The quantitative estimate of drug-likeness (QED) is 0.752. The van der Waals surface area contributed by atoms with Gasteiger partial charge >= 0.3 is 0 Å². The molecule has 0 aliphatic carbocycles. The summed E-state index contributed by atoms with van der Waals surface area (Å²) in [5, 5.41) is 19.8. The predicted octanol–water partition coefficient (Wildman–Crippen LogP) is 1.78. The third-order valence-electron chi connectivity index (χ3n) is 2.29. The van der Waals surface area contributed by atoms with Crippen LogP contribution in [0.2, 0.25) is 0 Å². The summed E-state index contributed by atoms with van der Waals surface area (Å²) in [7, 11) is 0. The number of aryl methyl sites for hydroxylation is 1. The van der Waals surface area contributed by atoms with Crippen LogP contribution >= 0.6 is 0 Å². The van der Waals surface area contributed by atoms with Crippen LogP contribution in [-0.4, -0.2) is 20.2 Å². The van der Waals surface area contributed by atoms with Crippen LogP contribution in [0.15, 0.2) is 24.3 Å². The summed E-state index contributed by atoms with van der Waals surface area (Å²) in [6, 6.07) is 8.05. The summed E-state index contributed by atoms with van der Waals surface area (Å²) in [4.78, 5) is 0. The monoisotopic (exact) mass is 231 g/mol. The maximum absolute atomic E-state index is 12.8. The summed E-state index contributed by atoms with van der Waals surface area (Å²) in [6.07, 6.45) is 1.15. The molecule has 0 aliphatic rings. The zero-order chi connectivity index (χ0) is 12.1. The Kier molecular flexibility index (Phi) is 3.40. The number of unbranched alkanes of at least 4 members (excludes halogenated alkanes) is 1. The predicted molar refractivity (Wildman–Crippen MR) is 58.1 cm³/mol. The van der Waals surface area contributed by atoms with Gasteiger partial charge in [0.15, 0.2) is 5.82 Å². The lowest BCUT2D eigenvalue weighted by atomic mass is 10.2. The normalized spacial score (nSPS) is 10.1. The number of rotatable bonds is 4. The molecule has 0 radical (unpaired) electrons. The van der Waals surface area contributed by atoms with E-state index in [-0.39, 0.29) is 5.82 Å². The molecule has 1 aromatic carbocycles. The molecule has 5 nitrogen and oxygen atoms in total. The second kappa shape index (κ2) is 5.16. The van der Waals surface area contributed by atoms with Gasteiger partial charge in [-0.3, -0.25) is 0 Å². The van der Waals surface area contributed by atoms with Crippen LogP contribution in [0.4, 0.5) is 4.39 Å². The molecule has 1 aromatic heterocycles. The minimum absolute atomic E-state index is 0.294. The minimum atomic E-state index is -0.294. The maximum atomic E-state index is 12.8. The Morgan fingerprint density at radius 3 is 2.76 bits per heavy atom. The van der Waals surface area contributed by atoms with Gasteiger partial charge in [-0.1, -0.05) is 0 Å². The molecule has 2 aromatic rings.